The molecule has 1 atom stereocenters. The second-order valence-corrected chi connectivity index (χ2v) is 4.86. The molecule has 6 heteroatoms. The number of rotatable bonds is 6. The van der Waals surface area contributed by atoms with Gasteiger partial charge in [0, 0.05) is 36.9 Å². The fourth-order valence-electron chi connectivity index (χ4n) is 1.52. The number of aryl methyl sites for hydroxylation is 1. The van der Waals surface area contributed by atoms with Crippen LogP contribution in [0.4, 0.5) is 0 Å². The van der Waals surface area contributed by atoms with Gasteiger partial charge in [0.2, 0.25) is 5.91 Å². The number of thiazole rings is 1. The zero-order valence-electron chi connectivity index (χ0n) is 9.90. The van der Waals surface area contributed by atoms with Crippen molar-refractivity contribution in [2.24, 2.45) is 0 Å². The largest absolute Gasteiger partial charge is 0.481 e. The maximum absolute atomic E-state index is 11.0. The van der Waals surface area contributed by atoms with Crippen molar-refractivity contribution in [2.45, 2.75) is 39.2 Å². The van der Waals surface area contributed by atoms with Gasteiger partial charge in [0.25, 0.3) is 0 Å². The van der Waals surface area contributed by atoms with E-state index in [1.807, 2.05) is 12.3 Å². The number of hydrogen-bond donors (Lipinski definition) is 2. The maximum atomic E-state index is 11.0. The van der Waals surface area contributed by atoms with E-state index < -0.39 is 5.97 Å². The van der Waals surface area contributed by atoms with E-state index in [2.05, 4.69) is 10.3 Å². The molecule has 17 heavy (non-hydrogen) atoms. The van der Waals surface area contributed by atoms with Crippen molar-refractivity contribution in [1.29, 1.82) is 0 Å². The summed E-state index contributed by atoms with van der Waals surface area (Å²) in [7, 11) is 0. The number of aromatic nitrogens is 1. The van der Waals surface area contributed by atoms with Crippen LogP contribution in [0, 0.1) is 6.92 Å². The van der Waals surface area contributed by atoms with Crippen LogP contribution in [0.3, 0.4) is 0 Å². The lowest BCUT2D eigenvalue weighted by molar-refractivity contribution is -0.137. The SMILES string of the molecule is CC(=O)NC(CCC(=O)O)Cc1nc(C)cs1. The molecule has 1 unspecified atom stereocenters. The van der Waals surface area contributed by atoms with Crippen LogP contribution in [-0.2, 0) is 16.0 Å². The predicted octanol–water partition coefficient (Wildman–Crippen LogP) is 1.36. The molecule has 1 aromatic heterocycles. The minimum absolute atomic E-state index is 0.0509. The molecule has 0 bridgehead atoms. The number of carboxylic acids is 1. The average molecular weight is 256 g/mol. The molecule has 0 saturated carbocycles. The molecular formula is C11H16N2O3S. The lowest BCUT2D eigenvalue weighted by Crippen LogP contribution is -2.35. The summed E-state index contributed by atoms with van der Waals surface area (Å²) in [6.07, 6.45) is 1.06. The van der Waals surface area contributed by atoms with Crippen LogP contribution < -0.4 is 5.32 Å². The van der Waals surface area contributed by atoms with E-state index in [0.29, 0.717) is 12.8 Å². The molecule has 0 saturated heterocycles. The number of hydrogen-bond acceptors (Lipinski definition) is 4. The van der Waals surface area contributed by atoms with E-state index in [9.17, 15) is 9.59 Å². The second kappa shape index (κ2) is 6.34. The minimum atomic E-state index is -0.851. The highest BCUT2D eigenvalue weighted by molar-refractivity contribution is 7.09. The van der Waals surface area contributed by atoms with Crippen LogP contribution in [0.5, 0.6) is 0 Å². The normalized spacial score (nSPS) is 12.1. The number of carbonyl (C=O) groups is 2. The molecule has 0 fully saturated rings. The maximum Gasteiger partial charge on any atom is 0.303 e. The summed E-state index contributed by atoms with van der Waals surface area (Å²) in [5.74, 6) is -0.996. The Morgan fingerprint density at radius 2 is 2.29 bits per heavy atom. The summed E-state index contributed by atoms with van der Waals surface area (Å²) >= 11 is 1.53. The van der Waals surface area contributed by atoms with Crippen LogP contribution in [0.1, 0.15) is 30.5 Å². The van der Waals surface area contributed by atoms with E-state index >= 15 is 0 Å². The van der Waals surface area contributed by atoms with E-state index in [-0.39, 0.29) is 18.4 Å². The topological polar surface area (TPSA) is 79.3 Å². The average Bonchev–Trinajstić information content (AvgIpc) is 2.59. The molecule has 0 aliphatic rings. The molecule has 1 rings (SSSR count). The summed E-state index contributed by atoms with van der Waals surface area (Å²) in [5, 5.41) is 14.3. The highest BCUT2D eigenvalue weighted by Gasteiger charge is 2.14. The smallest absolute Gasteiger partial charge is 0.303 e. The van der Waals surface area contributed by atoms with Gasteiger partial charge in [0.15, 0.2) is 0 Å². The first-order chi connectivity index (χ1) is 7.97. The summed E-state index contributed by atoms with van der Waals surface area (Å²) < 4.78 is 0. The van der Waals surface area contributed by atoms with Crippen LogP contribution in [0.25, 0.3) is 0 Å². The van der Waals surface area contributed by atoms with Crippen molar-refractivity contribution in [1.82, 2.24) is 10.3 Å². The molecule has 0 radical (unpaired) electrons. The van der Waals surface area contributed by atoms with Crippen LogP contribution in [0.2, 0.25) is 0 Å². The molecule has 0 aromatic carbocycles. The Morgan fingerprint density at radius 1 is 1.59 bits per heavy atom. The highest BCUT2D eigenvalue weighted by Crippen LogP contribution is 2.13. The van der Waals surface area contributed by atoms with Gasteiger partial charge >= 0.3 is 5.97 Å². The Hall–Kier alpha value is -1.43. The van der Waals surface area contributed by atoms with Crippen molar-refractivity contribution in [2.75, 3.05) is 0 Å². The van der Waals surface area contributed by atoms with Gasteiger partial charge in [-0.1, -0.05) is 0 Å². The molecule has 2 N–H and O–H groups in total. The Labute approximate surface area is 104 Å². The van der Waals surface area contributed by atoms with E-state index in [1.165, 1.54) is 18.3 Å². The molecule has 0 spiro atoms. The molecule has 1 heterocycles. The number of amides is 1. The van der Waals surface area contributed by atoms with E-state index in [4.69, 9.17) is 5.11 Å². The lowest BCUT2D eigenvalue weighted by atomic mass is 10.1. The quantitative estimate of drug-likeness (QED) is 0.805. The van der Waals surface area contributed by atoms with Gasteiger partial charge in [-0.05, 0) is 13.3 Å². The summed E-state index contributed by atoms with van der Waals surface area (Å²) in [4.78, 5) is 25.8. The van der Waals surface area contributed by atoms with Crippen molar-refractivity contribution in [3.05, 3.63) is 16.1 Å². The fourth-order valence-corrected chi connectivity index (χ4v) is 2.37. The molecule has 1 amide bonds. The third kappa shape index (κ3) is 5.44. The van der Waals surface area contributed by atoms with Crippen LogP contribution >= 0.6 is 11.3 Å². The van der Waals surface area contributed by atoms with Gasteiger partial charge in [-0.25, -0.2) is 4.98 Å². The van der Waals surface area contributed by atoms with Gasteiger partial charge in [-0.3, -0.25) is 9.59 Å². The predicted molar refractivity (Wildman–Crippen MR) is 65.0 cm³/mol. The van der Waals surface area contributed by atoms with Crippen molar-refractivity contribution in [3.8, 4) is 0 Å². The first-order valence-corrected chi connectivity index (χ1v) is 6.25. The molecule has 0 aliphatic carbocycles. The first-order valence-electron chi connectivity index (χ1n) is 5.37. The lowest BCUT2D eigenvalue weighted by Gasteiger charge is -2.15. The van der Waals surface area contributed by atoms with Gasteiger partial charge in [0.1, 0.15) is 0 Å². The van der Waals surface area contributed by atoms with Gasteiger partial charge < -0.3 is 10.4 Å². The summed E-state index contributed by atoms with van der Waals surface area (Å²) in [5.41, 5.74) is 0.949. The standard InChI is InChI=1S/C11H16N2O3S/c1-7-6-17-10(12-7)5-9(13-8(2)14)3-4-11(15)16/h6,9H,3-5H2,1-2H3,(H,13,14)(H,15,16). The molecule has 94 valence electrons. The van der Waals surface area contributed by atoms with Crippen LogP contribution in [-0.4, -0.2) is 28.0 Å². The number of aliphatic carboxylic acids is 1. The molecular weight excluding hydrogens is 240 g/mol. The fraction of sp³-hybridized carbons (Fsp3) is 0.545. The first kappa shape index (κ1) is 13.6. The Kier molecular flexibility index (Phi) is 5.09. The van der Waals surface area contributed by atoms with Gasteiger partial charge in [0.05, 0.1) is 5.01 Å². The van der Waals surface area contributed by atoms with Crippen molar-refractivity contribution < 1.29 is 14.7 Å². The van der Waals surface area contributed by atoms with Gasteiger partial charge in [-0.2, -0.15) is 0 Å². The monoisotopic (exact) mass is 256 g/mol. The second-order valence-electron chi connectivity index (χ2n) is 3.92. The zero-order valence-corrected chi connectivity index (χ0v) is 10.7. The third-order valence-electron chi connectivity index (χ3n) is 2.20. The Morgan fingerprint density at radius 3 is 2.76 bits per heavy atom. The Bertz CT molecular complexity index is 403. The minimum Gasteiger partial charge on any atom is -0.481 e. The van der Waals surface area contributed by atoms with E-state index in [1.54, 1.807) is 0 Å². The highest BCUT2D eigenvalue weighted by atomic mass is 32.1. The molecule has 1 aromatic rings. The van der Waals surface area contributed by atoms with Crippen LogP contribution in [0.15, 0.2) is 5.38 Å². The number of nitrogens with one attached hydrogen (secondary N) is 1. The molecule has 5 nitrogen and oxygen atoms in total. The third-order valence-corrected chi connectivity index (χ3v) is 3.19. The number of carbonyl (C=O) groups excluding carboxylic acids is 1. The van der Waals surface area contributed by atoms with Gasteiger partial charge in [-0.15, -0.1) is 11.3 Å². The van der Waals surface area contributed by atoms with Crippen molar-refractivity contribution >= 4 is 23.2 Å². The van der Waals surface area contributed by atoms with E-state index in [0.717, 1.165) is 10.7 Å². The van der Waals surface area contributed by atoms with Crippen molar-refractivity contribution in [3.63, 3.8) is 0 Å². The summed E-state index contributed by atoms with van der Waals surface area (Å²) in [6, 6.07) is -0.158. The summed E-state index contributed by atoms with van der Waals surface area (Å²) in [6.45, 7) is 3.34. The number of carboxylic acid groups (broad SMARTS) is 1. The molecule has 0 aliphatic heterocycles. The zero-order chi connectivity index (χ0) is 12.8. The Balaban J connectivity index is 2.56. The number of nitrogens with zero attached hydrogens (tertiary/aromatic N) is 1.